The molecule has 11 aromatic carbocycles. The number of hydrogen-bond acceptors (Lipinski definition) is 7. The van der Waals surface area contributed by atoms with Crippen molar-refractivity contribution in [3.63, 3.8) is 0 Å². The Balaban J connectivity index is 0.000000122. The Morgan fingerprint density at radius 2 is 0.741 bits per heavy atom. The van der Waals surface area contributed by atoms with Crippen LogP contribution in [0.25, 0.3) is 116 Å². The number of para-hydroxylation sites is 5. The van der Waals surface area contributed by atoms with E-state index in [1.165, 1.54) is 142 Å². The number of thioether (sulfide) groups is 2. The second-order valence-corrected chi connectivity index (χ2v) is 31.4. The van der Waals surface area contributed by atoms with Gasteiger partial charge in [0.15, 0.2) is 0 Å². The number of imidazole rings is 3. The van der Waals surface area contributed by atoms with Crippen molar-refractivity contribution in [2.75, 3.05) is 36.2 Å². The van der Waals surface area contributed by atoms with Gasteiger partial charge in [-0.2, -0.15) is 23.5 Å². The summed E-state index contributed by atoms with van der Waals surface area (Å²) in [7, 11) is 0. The maximum Gasteiger partial charge on any atom is 0.123 e. The molecule has 2 saturated heterocycles. The first-order chi connectivity index (χ1) is 52.0. The maximum absolute atomic E-state index is 6.05. The normalized spacial score (nSPS) is 15.9. The molecule has 0 saturated carbocycles. The van der Waals surface area contributed by atoms with Crippen LogP contribution < -0.4 is 9.47 Å². The van der Waals surface area contributed by atoms with E-state index in [1.54, 1.807) is 11.1 Å². The summed E-state index contributed by atoms with van der Waals surface area (Å²) in [6.45, 7) is 6.05. The number of benzene rings is 11. The summed E-state index contributed by atoms with van der Waals surface area (Å²) in [4.78, 5) is 15.0. The third-order valence-electron chi connectivity index (χ3n) is 22.5. The first-order valence-corrected chi connectivity index (χ1v) is 39.8. The standard InChI is InChI=1S/C34H29N2O.C31H29N2S2.C30H21N2O.3Ir/c1-22(2)20-23-10-9-15-28(25-18-19-37-32-17-8-6-13-27(25)32)33(23)31-21-35-34-29-14-4-3-11-24(29)26-12-5-7-16-30(26)36(31)34;1-2-8-27-25(6-1)26-7-3-4-11-28(26)33-29(20-32-31(27)33)30-23(21-12-16-34-17-13-21)9-5-10-24(30)22-14-18-35-19-15-22;1-3-12-24(20(9-1)22-17-18-33-29-16-8-6-13-25(22)29)28-19-31-30-26-14-4-2-10-21(26)23-11-5-7-15-27(23)32(28)30;;;/h3-13,15-17,21-22,25H,18-20H2,1-2H3;1-7,9-11,20-22H,12-19H2;1-13,15-16,19,22H,17-18H2;;;/q3*-1;;;. The van der Waals surface area contributed by atoms with E-state index in [1.807, 2.05) is 36.5 Å². The van der Waals surface area contributed by atoms with E-state index in [0.717, 1.165) is 94.0 Å². The third kappa shape index (κ3) is 13.2. The fourth-order valence-electron chi connectivity index (χ4n) is 17.9. The number of rotatable bonds is 9. The van der Waals surface area contributed by atoms with Gasteiger partial charge < -0.3 is 22.7 Å². The summed E-state index contributed by atoms with van der Waals surface area (Å²) in [5.41, 5.74) is 23.7. The zero-order valence-electron chi connectivity index (χ0n) is 60.1. The summed E-state index contributed by atoms with van der Waals surface area (Å²) in [5, 5.41) is 10.5. The maximum atomic E-state index is 6.05. The SMILES string of the molecule is CC(C)Cc1cccc(C2CCOc3ccccc32)c1-c1cnc2c3[c-]cccc3c3ccccc3n12.[Ir].[Ir].[Ir].[c-]1cccc2c1c1ncc(-c3c(C4CCSCC4)cccc3C3CCSCC3)n1c1ccccc21.[c-]1cccc2c1c1ncc(-c3ccccc3C3CCOc4ccccc43)n1c1ccccc21. The van der Waals surface area contributed by atoms with Crippen LogP contribution in [0.2, 0.25) is 0 Å². The molecule has 0 amide bonds. The first-order valence-electron chi connectivity index (χ1n) is 37.5. The second kappa shape index (κ2) is 32.1. The number of ether oxygens (including phenoxy) is 2. The Labute approximate surface area is 679 Å². The molecule has 2 atom stereocenters. The van der Waals surface area contributed by atoms with Crippen LogP contribution in [0.3, 0.4) is 0 Å². The van der Waals surface area contributed by atoms with Crippen LogP contribution in [0.1, 0.15) is 115 Å². The molecule has 2 fully saturated rings. The number of fused-ring (bicyclic) bond motifs is 20. The van der Waals surface area contributed by atoms with Crippen molar-refractivity contribution in [3.8, 4) is 45.3 Å². The van der Waals surface area contributed by atoms with Crippen molar-refractivity contribution in [1.82, 2.24) is 28.2 Å². The van der Waals surface area contributed by atoms with E-state index >= 15 is 0 Å². The molecule has 543 valence electrons. The second-order valence-electron chi connectivity index (χ2n) is 28.9. The van der Waals surface area contributed by atoms with Crippen LogP contribution in [0, 0.1) is 24.1 Å². The van der Waals surface area contributed by atoms with E-state index in [0.29, 0.717) is 17.8 Å². The van der Waals surface area contributed by atoms with E-state index in [2.05, 4.69) is 287 Å². The number of hydrogen-bond donors (Lipinski definition) is 0. The summed E-state index contributed by atoms with van der Waals surface area (Å²) >= 11 is 4.22. The largest absolute Gasteiger partial charge is 0.493 e. The van der Waals surface area contributed by atoms with Crippen molar-refractivity contribution in [2.45, 2.75) is 82.5 Å². The molecule has 0 spiro atoms. The minimum atomic E-state index is 0. The summed E-state index contributed by atoms with van der Waals surface area (Å²) in [6, 6.07) is 95.0. The van der Waals surface area contributed by atoms with Crippen LogP contribution in [-0.2, 0) is 66.7 Å². The van der Waals surface area contributed by atoms with Gasteiger partial charge in [0.25, 0.3) is 0 Å². The van der Waals surface area contributed by atoms with Gasteiger partial charge in [-0.3, -0.25) is 15.0 Å². The fraction of sp³-hybridized carbons (Fsp3) is 0.211. The van der Waals surface area contributed by atoms with Crippen molar-refractivity contribution < 1.29 is 69.8 Å². The summed E-state index contributed by atoms with van der Waals surface area (Å²) in [6.07, 6.45) is 14.3. The van der Waals surface area contributed by atoms with Crippen LogP contribution in [-0.4, -0.2) is 64.4 Å². The predicted molar refractivity (Wildman–Crippen MR) is 437 cm³/mol. The zero-order valence-corrected chi connectivity index (χ0v) is 69.0. The molecule has 0 N–H and O–H groups in total. The molecule has 6 aromatic heterocycles. The zero-order chi connectivity index (χ0) is 69.9. The van der Waals surface area contributed by atoms with Gasteiger partial charge >= 0.3 is 0 Å². The molecule has 21 rings (SSSR count). The van der Waals surface area contributed by atoms with Crippen molar-refractivity contribution >= 4 is 105 Å². The molecular formula is C95H79Ir3N6O2S2-3. The van der Waals surface area contributed by atoms with Crippen LogP contribution in [0.4, 0.5) is 0 Å². The Morgan fingerprint density at radius 1 is 0.370 bits per heavy atom. The summed E-state index contributed by atoms with van der Waals surface area (Å²) < 4.78 is 19.1. The molecule has 4 aliphatic heterocycles. The van der Waals surface area contributed by atoms with Gasteiger partial charge in [-0.15, -0.1) is 89.0 Å². The van der Waals surface area contributed by atoms with Crippen LogP contribution in [0.15, 0.2) is 255 Å². The Hall–Kier alpha value is -8.70. The molecule has 17 aromatic rings. The van der Waals surface area contributed by atoms with Gasteiger partial charge in [-0.25, -0.2) is 0 Å². The molecule has 13 heteroatoms. The quantitative estimate of drug-likeness (QED) is 0.105. The molecule has 0 aliphatic carbocycles. The number of aromatic nitrogens is 6. The third-order valence-corrected chi connectivity index (χ3v) is 24.6. The molecule has 2 unspecified atom stereocenters. The minimum absolute atomic E-state index is 0. The average molecular weight is 1980 g/mol. The van der Waals surface area contributed by atoms with E-state index in [4.69, 9.17) is 24.4 Å². The van der Waals surface area contributed by atoms with E-state index in [-0.39, 0.29) is 72.2 Å². The fourth-order valence-corrected chi connectivity index (χ4v) is 20.1. The van der Waals surface area contributed by atoms with Crippen molar-refractivity contribution in [3.05, 3.63) is 312 Å². The van der Waals surface area contributed by atoms with Crippen LogP contribution in [0.5, 0.6) is 11.5 Å². The molecule has 0 bridgehead atoms. The van der Waals surface area contributed by atoms with Crippen LogP contribution >= 0.6 is 23.5 Å². The molecule has 3 radical (unpaired) electrons. The summed E-state index contributed by atoms with van der Waals surface area (Å²) in [5.74, 6) is 9.44. The van der Waals surface area contributed by atoms with Gasteiger partial charge in [-0.1, -0.05) is 182 Å². The Morgan fingerprint density at radius 3 is 1.22 bits per heavy atom. The first kappa shape index (κ1) is 73.4. The Bertz CT molecular complexity index is 6140. The van der Waals surface area contributed by atoms with Gasteiger partial charge in [0.1, 0.15) is 11.5 Å². The number of pyridine rings is 3. The topological polar surface area (TPSA) is 70.4 Å². The Kier molecular flexibility index (Phi) is 21.8. The van der Waals surface area contributed by atoms with E-state index < -0.39 is 0 Å². The molecule has 8 nitrogen and oxygen atoms in total. The van der Waals surface area contributed by atoms with E-state index in [9.17, 15) is 0 Å². The predicted octanol–water partition coefficient (Wildman–Crippen LogP) is 23.6. The van der Waals surface area contributed by atoms with Crippen molar-refractivity contribution in [1.29, 1.82) is 0 Å². The number of nitrogens with zero attached hydrogens (tertiary/aromatic N) is 6. The van der Waals surface area contributed by atoms with Crippen molar-refractivity contribution in [2.24, 2.45) is 5.92 Å². The molecule has 10 heterocycles. The van der Waals surface area contributed by atoms with Gasteiger partial charge in [0.2, 0.25) is 0 Å². The molecular weight excluding hydrogens is 1900 g/mol. The average Bonchev–Trinajstić information content (AvgIpc) is 1.49. The smallest absolute Gasteiger partial charge is 0.123 e. The molecule has 4 aliphatic rings. The van der Waals surface area contributed by atoms with Gasteiger partial charge in [0.05, 0.1) is 47.2 Å². The van der Waals surface area contributed by atoms with Gasteiger partial charge in [0, 0.05) is 135 Å². The molecule has 108 heavy (non-hydrogen) atoms. The van der Waals surface area contributed by atoms with Gasteiger partial charge in [-0.05, 0) is 160 Å². The minimum Gasteiger partial charge on any atom is -0.493 e. The monoisotopic (exact) mass is 1980 g/mol.